The van der Waals surface area contributed by atoms with E-state index in [9.17, 15) is 14.4 Å². The van der Waals surface area contributed by atoms with Crippen molar-refractivity contribution in [3.8, 4) is 6.07 Å². The van der Waals surface area contributed by atoms with Crippen molar-refractivity contribution in [2.24, 2.45) is 11.8 Å². The van der Waals surface area contributed by atoms with Crippen molar-refractivity contribution >= 4 is 56.4 Å². The number of nitriles is 1. The van der Waals surface area contributed by atoms with Crippen molar-refractivity contribution in [3.63, 3.8) is 0 Å². The monoisotopic (exact) mass is 548 g/mol. The molecule has 1 atom stereocenters. The Morgan fingerprint density at radius 3 is 2.79 bits per heavy atom. The number of carbonyl (C=O) groups is 2. The van der Waals surface area contributed by atoms with E-state index in [1.165, 1.54) is 6.33 Å². The molecule has 0 aromatic carbocycles. The number of thiophene rings is 1. The lowest BCUT2D eigenvalue weighted by atomic mass is 9.85. The summed E-state index contributed by atoms with van der Waals surface area (Å²) in [5, 5.41) is 13.4. The molecule has 1 spiro atoms. The molecule has 3 aromatic rings. The second-order valence-electron chi connectivity index (χ2n) is 11.0. The van der Waals surface area contributed by atoms with Crippen LogP contribution in [0, 0.1) is 23.2 Å². The number of aromatic nitrogens is 3. The number of hydrogen-bond acceptors (Lipinski definition) is 8. The van der Waals surface area contributed by atoms with Gasteiger partial charge in [0.25, 0.3) is 5.56 Å². The molecule has 1 saturated carbocycles. The van der Waals surface area contributed by atoms with Crippen molar-refractivity contribution in [3.05, 3.63) is 43.9 Å². The van der Waals surface area contributed by atoms with Crippen LogP contribution in [0.1, 0.15) is 59.5 Å². The number of fused-ring (bicyclic) bond motifs is 5. The van der Waals surface area contributed by atoms with Crippen molar-refractivity contribution in [1.29, 1.82) is 5.26 Å². The number of halogens is 1. The molecule has 2 aliphatic carbocycles. The molecule has 0 unspecified atom stereocenters. The van der Waals surface area contributed by atoms with Gasteiger partial charge in [0.2, 0.25) is 5.91 Å². The lowest BCUT2D eigenvalue weighted by Crippen LogP contribution is -2.52. The third-order valence-electron chi connectivity index (χ3n) is 8.74. The van der Waals surface area contributed by atoms with E-state index >= 15 is 0 Å². The van der Waals surface area contributed by atoms with Gasteiger partial charge in [-0.2, -0.15) is 5.26 Å². The summed E-state index contributed by atoms with van der Waals surface area (Å²) in [4.78, 5) is 52.2. The van der Waals surface area contributed by atoms with Crippen LogP contribution in [-0.2, 0) is 23.2 Å². The Kier molecular flexibility index (Phi) is 5.39. The Hall–Kier alpha value is -3.29. The number of hydrogen-bond donors (Lipinski definition) is 1. The molecule has 2 fully saturated rings. The summed E-state index contributed by atoms with van der Waals surface area (Å²) >= 11 is 8.15. The van der Waals surface area contributed by atoms with Gasteiger partial charge in [-0.3, -0.25) is 19.0 Å². The van der Waals surface area contributed by atoms with E-state index < -0.39 is 5.54 Å². The number of ketones is 1. The van der Waals surface area contributed by atoms with Crippen LogP contribution in [0.5, 0.6) is 0 Å². The first-order valence-corrected chi connectivity index (χ1v) is 14.3. The molecule has 0 bridgehead atoms. The van der Waals surface area contributed by atoms with E-state index in [-0.39, 0.29) is 34.1 Å². The molecule has 4 aliphatic rings. The van der Waals surface area contributed by atoms with E-state index in [0.717, 1.165) is 52.8 Å². The highest BCUT2D eigenvalue weighted by molar-refractivity contribution is 7.19. The predicted octanol–water partition coefficient (Wildman–Crippen LogP) is 4.19. The SMILES string of the molecule is N#CC1CN(C(=O)[C@H]2CCc3c(sc4ncnc(Nc5cc(Cl)c6n(c5=O)C5(CCCC5)CC6=O)c34)C2)C1. The lowest BCUT2D eigenvalue weighted by molar-refractivity contribution is -0.141. The van der Waals surface area contributed by atoms with Gasteiger partial charge in [-0.1, -0.05) is 24.4 Å². The number of likely N-dealkylation sites (tertiary alicyclic amines) is 1. The average molecular weight is 549 g/mol. The van der Waals surface area contributed by atoms with Crippen molar-refractivity contribution in [2.45, 2.75) is 56.9 Å². The largest absolute Gasteiger partial charge is 0.340 e. The first-order valence-electron chi connectivity index (χ1n) is 13.1. The third-order valence-corrected chi connectivity index (χ3v) is 10.2. The molecule has 11 heteroatoms. The lowest BCUT2D eigenvalue weighted by Gasteiger charge is -2.38. The van der Waals surface area contributed by atoms with Crippen molar-refractivity contribution in [1.82, 2.24) is 19.4 Å². The summed E-state index contributed by atoms with van der Waals surface area (Å²) < 4.78 is 1.65. The Bertz CT molecular complexity index is 1630. The Morgan fingerprint density at radius 2 is 2.03 bits per heavy atom. The maximum absolute atomic E-state index is 13.7. The minimum absolute atomic E-state index is 0.0511. The van der Waals surface area contributed by atoms with Gasteiger partial charge < -0.3 is 10.2 Å². The number of nitrogens with zero attached hydrogens (tertiary/aromatic N) is 5. The zero-order valence-electron chi connectivity index (χ0n) is 20.6. The minimum atomic E-state index is -0.474. The predicted molar refractivity (Wildman–Crippen MR) is 143 cm³/mol. The van der Waals surface area contributed by atoms with E-state index in [1.807, 2.05) is 0 Å². The average Bonchev–Trinajstić information content (AvgIpc) is 3.57. The van der Waals surface area contributed by atoms with Crippen LogP contribution in [0.4, 0.5) is 11.5 Å². The van der Waals surface area contributed by atoms with Gasteiger partial charge in [0.1, 0.15) is 28.4 Å². The van der Waals surface area contributed by atoms with Crippen LogP contribution in [-0.4, -0.2) is 44.2 Å². The number of rotatable bonds is 3. The molecule has 38 heavy (non-hydrogen) atoms. The zero-order valence-corrected chi connectivity index (χ0v) is 22.2. The van der Waals surface area contributed by atoms with Gasteiger partial charge in [0.15, 0.2) is 5.78 Å². The summed E-state index contributed by atoms with van der Waals surface area (Å²) in [7, 11) is 0. The number of anilines is 2. The maximum Gasteiger partial charge on any atom is 0.275 e. The second-order valence-corrected chi connectivity index (χ2v) is 12.5. The molecule has 1 N–H and O–H groups in total. The highest BCUT2D eigenvalue weighted by atomic mass is 35.5. The highest BCUT2D eigenvalue weighted by Crippen LogP contribution is 2.46. The van der Waals surface area contributed by atoms with Gasteiger partial charge in [0, 0.05) is 30.3 Å². The van der Waals surface area contributed by atoms with Gasteiger partial charge in [-0.25, -0.2) is 9.97 Å². The van der Waals surface area contributed by atoms with Crippen LogP contribution < -0.4 is 10.9 Å². The smallest absolute Gasteiger partial charge is 0.275 e. The molecule has 1 amide bonds. The Balaban J connectivity index is 1.23. The normalized spacial score (nSPS) is 21.8. The van der Waals surface area contributed by atoms with E-state index in [0.29, 0.717) is 49.6 Å². The number of amides is 1. The summed E-state index contributed by atoms with van der Waals surface area (Å²) in [5.41, 5.74) is 1.02. The van der Waals surface area contributed by atoms with Crippen LogP contribution in [0.15, 0.2) is 17.2 Å². The van der Waals surface area contributed by atoms with Crippen molar-refractivity contribution < 1.29 is 9.59 Å². The highest BCUT2D eigenvalue weighted by Gasteiger charge is 2.47. The first-order chi connectivity index (χ1) is 18.4. The molecule has 2 aliphatic heterocycles. The molecule has 3 aromatic heterocycles. The first kappa shape index (κ1) is 23.8. The standard InChI is InChI=1S/C27H25ClN6O3S/c28-17-8-18(26(37)34-22(17)19(35)9-27(34)5-1-2-6-27)32-23-21-16-4-3-15(25(36)33-11-14(10-29)12-33)7-20(16)38-24(21)31-13-30-23/h8,13-15H,1-7,9,11-12H2,(H,30,31,32)/t15-/m0/s1. The molecule has 9 nitrogen and oxygen atoms in total. The zero-order chi connectivity index (χ0) is 26.2. The molecular formula is C27H25ClN6O3S. The number of Topliss-reactive ketones (excluding diaryl/α,β-unsaturated/α-hetero) is 1. The second kappa shape index (κ2) is 8.61. The van der Waals surface area contributed by atoms with E-state index in [2.05, 4.69) is 21.4 Å². The maximum atomic E-state index is 13.7. The van der Waals surface area contributed by atoms with Crippen LogP contribution in [0.2, 0.25) is 5.02 Å². The summed E-state index contributed by atoms with van der Waals surface area (Å²) in [6, 6.07) is 3.77. The molecule has 1 saturated heterocycles. The summed E-state index contributed by atoms with van der Waals surface area (Å²) in [5.74, 6) is 0.447. The minimum Gasteiger partial charge on any atom is -0.340 e. The molecule has 5 heterocycles. The summed E-state index contributed by atoms with van der Waals surface area (Å²) in [6.07, 6.45) is 7.46. The Labute approximate surface area is 227 Å². The van der Waals surface area contributed by atoms with E-state index in [4.69, 9.17) is 16.9 Å². The quantitative estimate of drug-likeness (QED) is 0.521. The van der Waals surface area contributed by atoms with Crippen LogP contribution in [0.25, 0.3) is 10.2 Å². The molecule has 7 rings (SSSR count). The number of aryl methyl sites for hydroxylation is 1. The number of carbonyl (C=O) groups excluding carboxylic acids is 2. The topological polar surface area (TPSA) is 121 Å². The van der Waals surface area contributed by atoms with Gasteiger partial charge in [-0.15, -0.1) is 11.3 Å². The van der Waals surface area contributed by atoms with E-state index in [1.54, 1.807) is 26.9 Å². The van der Waals surface area contributed by atoms with Crippen LogP contribution in [0.3, 0.4) is 0 Å². The van der Waals surface area contributed by atoms with Gasteiger partial charge in [0.05, 0.1) is 27.9 Å². The van der Waals surface area contributed by atoms with Gasteiger partial charge in [-0.05, 0) is 43.7 Å². The van der Waals surface area contributed by atoms with Crippen molar-refractivity contribution in [2.75, 3.05) is 18.4 Å². The fraction of sp³-hybridized carbons (Fsp3) is 0.481. The Morgan fingerprint density at radius 1 is 1.24 bits per heavy atom. The molecular weight excluding hydrogens is 524 g/mol. The number of nitrogens with one attached hydrogen (secondary N) is 1. The summed E-state index contributed by atoms with van der Waals surface area (Å²) in [6.45, 7) is 1.05. The molecule has 194 valence electrons. The third kappa shape index (κ3) is 3.45. The fourth-order valence-corrected chi connectivity index (χ4v) is 8.39. The fourth-order valence-electron chi connectivity index (χ4n) is 6.82. The van der Waals surface area contributed by atoms with Crippen LogP contribution >= 0.6 is 22.9 Å². The number of pyridine rings is 1. The molecule has 0 radical (unpaired) electrons. The van der Waals surface area contributed by atoms with Gasteiger partial charge >= 0.3 is 0 Å².